The van der Waals surface area contributed by atoms with Crippen molar-refractivity contribution in [2.75, 3.05) is 5.75 Å². The molecule has 1 aliphatic heterocycles. The van der Waals surface area contributed by atoms with Gasteiger partial charge in [-0.05, 0) is 80.0 Å². The largest absolute Gasteiger partial charge is 0.393 e. The summed E-state index contributed by atoms with van der Waals surface area (Å²) in [5, 5.41) is 10.1. The lowest BCUT2D eigenvalue weighted by Crippen LogP contribution is -2.51. The number of thioether (sulfide) groups is 1. The average molecular weight is 319 g/mol. The molecular formula is C20H30OS. The number of hydrogen-bond acceptors (Lipinski definition) is 2. The number of fused-ring (bicyclic) bond motifs is 6. The summed E-state index contributed by atoms with van der Waals surface area (Å²) in [5.74, 6) is 4.25. The third kappa shape index (κ3) is 1.62. The van der Waals surface area contributed by atoms with Gasteiger partial charge < -0.3 is 5.11 Å². The fourth-order valence-corrected chi connectivity index (χ4v) is 8.79. The molecule has 2 heteroatoms. The number of rotatable bonds is 0. The molecule has 1 nitrogen and oxygen atoms in total. The highest BCUT2D eigenvalue weighted by Crippen LogP contribution is 2.74. The molecule has 5 rings (SSSR count). The molecule has 5 aliphatic rings. The minimum absolute atomic E-state index is 0.0673. The third-order valence-electron chi connectivity index (χ3n) is 8.86. The summed E-state index contributed by atoms with van der Waals surface area (Å²) in [5.41, 5.74) is 2.66. The van der Waals surface area contributed by atoms with Crippen LogP contribution in [-0.4, -0.2) is 21.7 Å². The van der Waals surface area contributed by atoms with Crippen molar-refractivity contribution < 1.29 is 5.11 Å². The maximum atomic E-state index is 10.1. The highest BCUT2D eigenvalue weighted by atomic mass is 32.2. The fourth-order valence-electron chi connectivity index (χ4n) is 7.30. The average Bonchev–Trinajstić information content (AvgIpc) is 3.22. The molecule has 1 heterocycles. The van der Waals surface area contributed by atoms with Gasteiger partial charge in [0.2, 0.25) is 0 Å². The van der Waals surface area contributed by atoms with E-state index in [0.717, 1.165) is 30.6 Å². The van der Waals surface area contributed by atoms with Crippen LogP contribution in [0.15, 0.2) is 11.6 Å². The number of aliphatic hydroxyl groups is 1. The van der Waals surface area contributed by atoms with Crippen molar-refractivity contribution in [3.05, 3.63) is 11.6 Å². The van der Waals surface area contributed by atoms with E-state index in [4.69, 9.17) is 0 Å². The van der Waals surface area contributed by atoms with Crippen LogP contribution >= 0.6 is 11.8 Å². The molecule has 7 atom stereocenters. The molecule has 0 unspecified atom stereocenters. The van der Waals surface area contributed by atoms with Gasteiger partial charge in [0.1, 0.15) is 0 Å². The van der Waals surface area contributed by atoms with Gasteiger partial charge in [-0.25, -0.2) is 0 Å². The van der Waals surface area contributed by atoms with E-state index in [2.05, 4.69) is 31.7 Å². The summed E-state index contributed by atoms with van der Waals surface area (Å²) < 4.78 is 0.691. The molecule has 0 aromatic carbocycles. The Kier molecular flexibility index (Phi) is 2.85. The molecule has 1 spiro atoms. The minimum atomic E-state index is -0.0673. The Morgan fingerprint density at radius 2 is 1.86 bits per heavy atom. The molecule has 1 N–H and O–H groups in total. The van der Waals surface area contributed by atoms with Crippen LogP contribution in [0.25, 0.3) is 0 Å². The second kappa shape index (κ2) is 4.36. The Balaban J connectivity index is 1.51. The lowest BCUT2D eigenvalue weighted by molar-refractivity contribution is -0.0397. The first-order chi connectivity index (χ1) is 10.5. The Morgan fingerprint density at radius 3 is 2.64 bits per heavy atom. The van der Waals surface area contributed by atoms with Crippen LogP contribution in [0.5, 0.6) is 0 Å². The van der Waals surface area contributed by atoms with Crippen molar-refractivity contribution in [3.63, 3.8) is 0 Å². The molecule has 0 aromatic rings. The zero-order chi connectivity index (χ0) is 15.2. The quantitative estimate of drug-likeness (QED) is 0.511. The van der Waals surface area contributed by atoms with E-state index in [1.807, 2.05) is 0 Å². The molecule has 4 aliphatic carbocycles. The molecule has 122 valence electrons. The van der Waals surface area contributed by atoms with Crippen LogP contribution in [0.2, 0.25) is 0 Å². The SMILES string of the molecule is C[C@]12CC[C@@H](O)CC1=CC[C@H]1[C@H]3CC[C@]4(CS4)[C@@]3(C)CC[C@@H]12. The van der Waals surface area contributed by atoms with Crippen molar-refractivity contribution in [1.82, 2.24) is 0 Å². The zero-order valence-electron chi connectivity index (χ0n) is 14.1. The molecular weight excluding hydrogens is 288 g/mol. The summed E-state index contributed by atoms with van der Waals surface area (Å²) in [6.07, 6.45) is 12.9. The van der Waals surface area contributed by atoms with Crippen LogP contribution in [0.4, 0.5) is 0 Å². The second-order valence-electron chi connectivity index (χ2n) is 9.43. The van der Waals surface area contributed by atoms with Crippen LogP contribution < -0.4 is 0 Å². The Morgan fingerprint density at radius 1 is 1.09 bits per heavy atom. The lowest BCUT2D eigenvalue weighted by atomic mass is 9.47. The summed E-state index contributed by atoms with van der Waals surface area (Å²) >= 11 is 2.28. The number of hydrogen-bond donors (Lipinski definition) is 1. The van der Waals surface area contributed by atoms with Gasteiger partial charge in [-0.1, -0.05) is 25.5 Å². The topological polar surface area (TPSA) is 20.2 Å². The predicted molar refractivity (Wildman–Crippen MR) is 92.9 cm³/mol. The molecule has 3 saturated carbocycles. The Labute approximate surface area is 139 Å². The first-order valence-corrected chi connectivity index (χ1v) is 10.5. The first-order valence-electron chi connectivity index (χ1n) is 9.50. The van der Waals surface area contributed by atoms with Crippen molar-refractivity contribution in [1.29, 1.82) is 0 Å². The van der Waals surface area contributed by atoms with Crippen LogP contribution in [0, 0.1) is 28.6 Å². The fraction of sp³-hybridized carbons (Fsp3) is 0.900. The van der Waals surface area contributed by atoms with Gasteiger partial charge in [-0.3, -0.25) is 0 Å². The maximum Gasteiger partial charge on any atom is 0.0577 e. The van der Waals surface area contributed by atoms with Gasteiger partial charge in [-0.2, -0.15) is 11.8 Å². The van der Waals surface area contributed by atoms with Gasteiger partial charge in [0.25, 0.3) is 0 Å². The summed E-state index contributed by atoms with van der Waals surface area (Å²) in [7, 11) is 0. The van der Waals surface area contributed by atoms with Crippen LogP contribution in [0.1, 0.15) is 65.2 Å². The van der Waals surface area contributed by atoms with Crippen molar-refractivity contribution in [2.45, 2.75) is 76.1 Å². The van der Waals surface area contributed by atoms with Crippen molar-refractivity contribution in [3.8, 4) is 0 Å². The van der Waals surface area contributed by atoms with Crippen LogP contribution in [-0.2, 0) is 0 Å². The van der Waals surface area contributed by atoms with E-state index in [0.29, 0.717) is 15.6 Å². The Bertz CT molecular complexity index is 536. The van der Waals surface area contributed by atoms with Gasteiger partial charge in [0.15, 0.2) is 0 Å². The summed E-state index contributed by atoms with van der Waals surface area (Å²) in [4.78, 5) is 0. The van der Waals surface area contributed by atoms with Gasteiger partial charge in [0, 0.05) is 10.5 Å². The molecule has 4 fully saturated rings. The minimum Gasteiger partial charge on any atom is -0.393 e. The second-order valence-corrected chi connectivity index (χ2v) is 10.8. The van der Waals surface area contributed by atoms with E-state index in [9.17, 15) is 5.11 Å². The van der Waals surface area contributed by atoms with E-state index in [1.54, 1.807) is 5.57 Å². The normalized spacial score (nSPS) is 59.5. The molecule has 0 radical (unpaired) electrons. The molecule has 0 aromatic heterocycles. The Hall–Kier alpha value is 0.0500. The van der Waals surface area contributed by atoms with E-state index >= 15 is 0 Å². The monoisotopic (exact) mass is 318 g/mol. The van der Waals surface area contributed by atoms with Crippen LogP contribution in [0.3, 0.4) is 0 Å². The van der Waals surface area contributed by atoms with E-state index in [-0.39, 0.29) is 6.10 Å². The predicted octanol–water partition coefficient (Wildman–Crippen LogP) is 4.80. The third-order valence-corrected chi connectivity index (χ3v) is 10.5. The van der Waals surface area contributed by atoms with Crippen molar-refractivity contribution >= 4 is 11.8 Å². The molecule has 22 heavy (non-hydrogen) atoms. The highest BCUT2D eigenvalue weighted by Gasteiger charge is 2.68. The van der Waals surface area contributed by atoms with Gasteiger partial charge >= 0.3 is 0 Å². The van der Waals surface area contributed by atoms with Gasteiger partial charge in [0.05, 0.1) is 6.10 Å². The molecule has 0 amide bonds. The number of allylic oxidation sites excluding steroid dienone is 1. The molecule has 1 saturated heterocycles. The standard InChI is InChI=1S/C20H30OS/c1-18-8-5-14(21)11-13(18)3-4-15-16(18)6-9-19(2)17(15)7-10-20(19)12-22-20/h3,14-17,21H,4-12H2,1-2H3/t14-,15-,16+,17-,18+,19+,20+/m1/s1. The highest BCUT2D eigenvalue weighted by molar-refractivity contribution is 8.08. The first kappa shape index (κ1) is 14.4. The molecule has 0 bridgehead atoms. The number of aliphatic hydroxyl groups excluding tert-OH is 1. The van der Waals surface area contributed by atoms with Crippen molar-refractivity contribution in [2.24, 2.45) is 28.6 Å². The van der Waals surface area contributed by atoms with Gasteiger partial charge in [-0.15, -0.1) is 0 Å². The zero-order valence-corrected chi connectivity index (χ0v) is 14.9. The smallest absolute Gasteiger partial charge is 0.0577 e. The summed E-state index contributed by atoms with van der Waals surface area (Å²) in [6.45, 7) is 5.19. The summed E-state index contributed by atoms with van der Waals surface area (Å²) in [6, 6.07) is 0. The maximum absolute atomic E-state index is 10.1. The van der Waals surface area contributed by atoms with E-state index in [1.165, 1.54) is 44.3 Å². The van der Waals surface area contributed by atoms with E-state index < -0.39 is 0 Å². The lowest BCUT2D eigenvalue weighted by Gasteiger charge is -2.58.